The predicted molar refractivity (Wildman–Crippen MR) is 62.3 cm³/mol. The molecule has 0 aromatic carbocycles. The third kappa shape index (κ3) is 2.62. The van der Waals surface area contributed by atoms with Crippen molar-refractivity contribution in [3.63, 3.8) is 0 Å². The summed E-state index contributed by atoms with van der Waals surface area (Å²) in [6.07, 6.45) is 1.47. The molecule has 5 nitrogen and oxygen atoms in total. The molecule has 1 aliphatic heterocycles. The number of nitrogens with one attached hydrogen (secondary N) is 1. The Morgan fingerprint density at radius 3 is 2.81 bits per heavy atom. The summed E-state index contributed by atoms with van der Waals surface area (Å²) in [6.45, 7) is 0.388. The van der Waals surface area contributed by atoms with Crippen LogP contribution in [-0.4, -0.2) is 36.2 Å². The summed E-state index contributed by atoms with van der Waals surface area (Å²) in [6, 6.07) is 3.29. The molecule has 0 amide bonds. The monoisotopic (exact) mass is 261 g/mol. The normalized spacial score (nSPS) is 23.2. The number of rotatable bonds is 3. The SMILES string of the molecule is O=S1(=O)CCCC1CNc1ccc(Cl)nn1. The number of nitrogens with zero attached hydrogens (tertiary/aromatic N) is 2. The molecule has 1 fully saturated rings. The minimum Gasteiger partial charge on any atom is -0.367 e. The summed E-state index contributed by atoms with van der Waals surface area (Å²) in [5.41, 5.74) is 0. The van der Waals surface area contributed by atoms with E-state index in [1.54, 1.807) is 12.1 Å². The molecule has 0 spiro atoms. The Hall–Kier alpha value is -0.880. The van der Waals surface area contributed by atoms with E-state index in [-0.39, 0.29) is 5.25 Å². The Labute approximate surface area is 99.1 Å². The van der Waals surface area contributed by atoms with Crippen molar-refractivity contribution in [3.05, 3.63) is 17.3 Å². The molecule has 1 atom stereocenters. The van der Waals surface area contributed by atoms with Gasteiger partial charge in [0.1, 0.15) is 5.82 Å². The first-order valence-electron chi connectivity index (χ1n) is 5.02. The highest BCUT2D eigenvalue weighted by molar-refractivity contribution is 7.92. The van der Waals surface area contributed by atoms with E-state index in [4.69, 9.17) is 11.6 Å². The average molecular weight is 262 g/mol. The third-order valence-electron chi connectivity index (χ3n) is 2.61. The number of hydrogen-bond acceptors (Lipinski definition) is 5. The molecule has 2 heterocycles. The lowest BCUT2D eigenvalue weighted by molar-refractivity contribution is 0.591. The van der Waals surface area contributed by atoms with Crippen LogP contribution in [0.3, 0.4) is 0 Å². The maximum absolute atomic E-state index is 11.5. The molecule has 0 radical (unpaired) electrons. The second-order valence-corrected chi connectivity index (χ2v) is 6.54. The van der Waals surface area contributed by atoms with Crippen molar-refractivity contribution >= 4 is 27.3 Å². The van der Waals surface area contributed by atoms with Crippen LogP contribution in [0.5, 0.6) is 0 Å². The van der Waals surface area contributed by atoms with Crippen molar-refractivity contribution < 1.29 is 8.42 Å². The Morgan fingerprint density at radius 1 is 1.44 bits per heavy atom. The second-order valence-electron chi connectivity index (χ2n) is 3.75. The van der Waals surface area contributed by atoms with Gasteiger partial charge in [-0.15, -0.1) is 10.2 Å². The van der Waals surface area contributed by atoms with Gasteiger partial charge in [-0.3, -0.25) is 0 Å². The van der Waals surface area contributed by atoms with Crippen LogP contribution >= 0.6 is 11.6 Å². The molecule has 0 bridgehead atoms. The van der Waals surface area contributed by atoms with Gasteiger partial charge < -0.3 is 5.32 Å². The fourth-order valence-corrected chi connectivity index (χ4v) is 3.58. The molecule has 1 N–H and O–H groups in total. The van der Waals surface area contributed by atoms with E-state index in [2.05, 4.69) is 15.5 Å². The highest BCUT2D eigenvalue weighted by Crippen LogP contribution is 2.20. The van der Waals surface area contributed by atoms with E-state index in [1.807, 2.05) is 0 Å². The van der Waals surface area contributed by atoms with Gasteiger partial charge >= 0.3 is 0 Å². The molecule has 0 saturated carbocycles. The number of aromatic nitrogens is 2. The maximum Gasteiger partial charge on any atom is 0.154 e. The van der Waals surface area contributed by atoms with Crippen LogP contribution in [-0.2, 0) is 9.84 Å². The molecule has 7 heteroatoms. The summed E-state index contributed by atoms with van der Waals surface area (Å²) in [7, 11) is -2.90. The third-order valence-corrected chi connectivity index (χ3v) is 5.08. The van der Waals surface area contributed by atoms with Gasteiger partial charge in [0.2, 0.25) is 0 Å². The summed E-state index contributed by atoms with van der Waals surface area (Å²) >= 11 is 5.59. The van der Waals surface area contributed by atoms with Crippen LogP contribution in [0.2, 0.25) is 5.15 Å². The molecular weight excluding hydrogens is 250 g/mol. The van der Waals surface area contributed by atoms with Crippen LogP contribution < -0.4 is 5.32 Å². The van der Waals surface area contributed by atoms with E-state index >= 15 is 0 Å². The van der Waals surface area contributed by atoms with Crippen LogP contribution in [0.1, 0.15) is 12.8 Å². The smallest absolute Gasteiger partial charge is 0.154 e. The first kappa shape index (κ1) is 11.6. The van der Waals surface area contributed by atoms with Gasteiger partial charge in [-0.1, -0.05) is 11.6 Å². The molecule has 1 aromatic heterocycles. The van der Waals surface area contributed by atoms with E-state index in [0.717, 1.165) is 12.8 Å². The number of halogens is 1. The lowest BCUT2D eigenvalue weighted by Crippen LogP contribution is -2.25. The number of sulfone groups is 1. The van der Waals surface area contributed by atoms with E-state index in [1.165, 1.54) is 0 Å². The lowest BCUT2D eigenvalue weighted by Gasteiger charge is -2.10. The zero-order valence-electron chi connectivity index (χ0n) is 8.56. The van der Waals surface area contributed by atoms with Gasteiger partial charge in [-0.2, -0.15) is 0 Å². The standard InChI is InChI=1S/C9H12ClN3O2S/c10-8-3-4-9(13-12-8)11-6-7-2-1-5-16(7,14)15/h3-4,7H,1-2,5-6H2,(H,11,13). The number of hydrogen-bond donors (Lipinski definition) is 1. The van der Waals surface area contributed by atoms with Crippen LogP contribution in [0, 0.1) is 0 Å². The Kier molecular flexibility index (Phi) is 3.30. The molecule has 2 rings (SSSR count). The minimum absolute atomic E-state index is 0.297. The predicted octanol–water partition coefficient (Wildman–Crippen LogP) is 1.12. The average Bonchev–Trinajstić information content (AvgIpc) is 2.57. The largest absolute Gasteiger partial charge is 0.367 e. The zero-order chi connectivity index (χ0) is 11.6. The first-order valence-corrected chi connectivity index (χ1v) is 7.12. The van der Waals surface area contributed by atoms with Crippen molar-refractivity contribution in [2.75, 3.05) is 17.6 Å². The van der Waals surface area contributed by atoms with Gasteiger partial charge in [0.25, 0.3) is 0 Å². The molecule has 0 aliphatic carbocycles. The van der Waals surface area contributed by atoms with Crippen molar-refractivity contribution in [1.82, 2.24) is 10.2 Å². The molecule has 1 unspecified atom stereocenters. The fourth-order valence-electron chi connectivity index (χ4n) is 1.72. The van der Waals surface area contributed by atoms with Crippen molar-refractivity contribution in [1.29, 1.82) is 0 Å². The first-order chi connectivity index (χ1) is 7.58. The second kappa shape index (κ2) is 4.55. The quantitative estimate of drug-likeness (QED) is 0.883. The van der Waals surface area contributed by atoms with Gasteiger partial charge in [0, 0.05) is 6.54 Å². The van der Waals surface area contributed by atoms with E-state index in [0.29, 0.717) is 23.3 Å². The summed E-state index contributed by atoms with van der Waals surface area (Å²) in [5, 5.41) is 10.4. The Bertz CT molecular complexity index is 460. The van der Waals surface area contributed by atoms with Gasteiger partial charge in [-0.05, 0) is 25.0 Å². The van der Waals surface area contributed by atoms with Gasteiger partial charge in [0.05, 0.1) is 11.0 Å². The summed E-state index contributed by atoms with van der Waals surface area (Å²) < 4.78 is 23.1. The van der Waals surface area contributed by atoms with Gasteiger partial charge in [0.15, 0.2) is 15.0 Å². The summed E-state index contributed by atoms with van der Waals surface area (Å²) in [5.74, 6) is 0.845. The zero-order valence-corrected chi connectivity index (χ0v) is 10.1. The van der Waals surface area contributed by atoms with E-state index in [9.17, 15) is 8.42 Å². The molecular formula is C9H12ClN3O2S. The molecule has 1 aliphatic rings. The minimum atomic E-state index is -2.90. The van der Waals surface area contributed by atoms with Crippen LogP contribution in [0.15, 0.2) is 12.1 Å². The van der Waals surface area contributed by atoms with Crippen molar-refractivity contribution in [3.8, 4) is 0 Å². The van der Waals surface area contributed by atoms with E-state index < -0.39 is 9.84 Å². The highest BCUT2D eigenvalue weighted by atomic mass is 35.5. The van der Waals surface area contributed by atoms with Crippen LogP contribution in [0.4, 0.5) is 5.82 Å². The lowest BCUT2D eigenvalue weighted by atomic mass is 10.2. The molecule has 1 aromatic rings. The Balaban J connectivity index is 1.95. The highest BCUT2D eigenvalue weighted by Gasteiger charge is 2.30. The van der Waals surface area contributed by atoms with Crippen molar-refractivity contribution in [2.45, 2.75) is 18.1 Å². The van der Waals surface area contributed by atoms with Crippen molar-refractivity contribution in [2.24, 2.45) is 0 Å². The molecule has 16 heavy (non-hydrogen) atoms. The Morgan fingerprint density at radius 2 is 2.25 bits per heavy atom. The fraction of sp³-hybridized carbons (Fsp3) is 0.556. The van der Waals surface area contributed by atoms with Gasteiger partial charge in [-0.25, -0.2) is 8.42 Å². The topological polar surface area (TPSA) is 72.0 Å². The number of anilines is 1. The summed E-state index contributed by atoms with van der Waals surface area (Å²) in [4.78, 5) is 0. The molecule has 88 valence electrons. The maximum atomic E-state index is 11.5. The molecule has 1 saturated heterocycles. The van der Waals surface area contributed by atoms with Crippen LogP contribution in [0.25, 0.3) is 0 Å².